The molecule has 5 aromatic heterocycles. The molecule has 0 N–H and O–H groups in total. The molecule has 176 valence electrons. The van der Waals surface area contributed by atoms with Crippen LogP contribution >= 0.6 is 0 Å². The van der Waals surface area contributed by atoms with Gasteiger partial charge in [0.25, 0.3) is 0 Å². The highest BCUT2D eigenvalue weighted by atomic mass is 15.3. The van der Waals surface area contributed by atoms with Gasteiger partial charge in [0.2, 0.25) is 0 Å². The first-order valence-electron chi connectivity index (χ1n) is 13.2. The van der Waals surface area contributed by atoms with E-state index in [2.05, 4.69) is 132 Å². The van der Waals surface area contributed by atoms with Crippen molar-refractivity contribution in [3.8, 4) is 11.6 Å². The van der Waals surface area contributed by atoms with Crippen molar-refractivity contribution in [2.24, 2.45) is 5.92 Å². The summed E-state index contributed by atoms with van der Waals surface area (Å²) in [5, 5.41) is 0. The quantitative estimate of drug-likeness (QED) is 0.288. The fourth-order valence-electron chi connectivity index (χ4n) is 8.94. The standard InChI is InChI=1S/C30H26N6/c1-7-19-25-28(34-16-4-10-22(34)31(19)13-1)26-20-8-2-15-33(20)24-12-6-18-36(24)30(26)27-21-9-3-14-32(21)23-11-5-17-35(23)29(25)27/h1-8,10-18,21,25-30H,9H2. The van der Waals surface area contributed by atoms with Crippen LogP contribution in [0, 0.1) is 5.92 Å². The van der Waals surface area contributed by atoms with Crippen LogP contribution in [-0.4, -0.2) is 28.9 Å². The molecule has 6 heteroatoms. The molecule has 5 aliphatic rings. The highest BCUT2D eigenvalue weighted by molar-refractivity contribution is 5.54. The van der Waals surface area contributed by atoms with E-state index in [1.54, 1.807) is 0 Å². The predicted molar refractivity (Wildman–Crippen MR) is 138 cm³/mol. The first-order valence-corrected chi connectivity index (χ1v) is 13.2. The van der Waals surface area contributed by atoms with Gasteiger partial charge in [-0.15, -0.1) is 0 Å². The molecule has 0 spiro atoms. The van der Waals surface area contributed by atoms with Crippen molar-refractivity contribution in [2.45, 2.75) is 42.4 Å². The Balaban J connectivity index is 1.33. The molecule has 1 fully saturated rings. The summed E-state index contributed by atoms with van der Waals surface area (Å²) >= 11 is 0. The van der Waals surface area contributed by atoms with Crippen molar-refractivity contribution in [3.05, 3.63) is 115 Å². The van der Waals surface area contributed by atoms with Crippen LogP contribution in [0.15, 0.2) is 104 Å². The number of fused-ring (bicyclic) bond motifs is 21. The van der Waals surface area contributed by atoms with Gasteiger partial charge >= 0.3 is 0 Å². The summed E-state index contributed by atoms with van der Waals surface area (Å²) in [4.78, 5) is 2.57. The van der Waals surface area contributed by atoms with Gasteiger partial charge in [0.1, 0.15) is 17.5 Å². The molecule has 1 aliphatic carbocycles. The van der Waals surface area contributed by atoms with E-state index in [1.165, 1.54) is 28.8 Å². The van der Waals surface area contributed by atoms with Gasteiger partial charge in [-0.2, -0.15) is 0 Å². The Morgan fingerprint density at radius 2 is 1.08 bits per heavy atom. The van der Waals surface area contributed by atoms with Gasteiger partial charge in [-0.05, 0) is 67.1 Å². The molecule has 36 heavy (non-hydrogen) atoms. The third-order valence-electron chi connectivity index (χ3n) is 9.94. The summed E-state index contributed by atoms with van der Waals surface area (Å²) in [5.74, 6) is 5.16. The monoisotopic (exact) mass is 470 g/mol. The molecule has 10 rings (SSSR count). The van der Waals surface area contributed by atoms with Crippen molar-refractivity contribution < 1.29 is 0 Å². The Kier molecular flexibility index (Phi) is 3.04. The number of anilines is 1. The summed E-state index contributed by atoms with van der Waals surface area (Å²) in [6.45, 7) is 0. The van der Waals surface area contributed by atoms with Crippen LogP contribution in [0.4, 0.5) is 5.82 Å². The Morgan fingerprint density at radius 1 is 0.556 bits per heavy atom. The maximum Gasteiger partial charge on any atom is 0.117 e. The molecule has 6 nitrogen and oxygen atoms in total. The Bertz CT molecular complexity index is 1700. The molecular weight excluding hydrogens is 444 g/mol. The van der Waals surface area contributed by atoms with Crippen molar-refractivity contribution in [3.63, 3.8) is 0 Å². The third kappa shape index (κ3) is 1.87. The minimum atomic E-state index is 0.337. The number of hydrogen-bond acceptors (Lipinski definition) is 1. The zero-order valence-electron chi connectivity index (χ0n) is 19.7. The molecule has 0 saturated heterocycles. The van der Waals surface area contributed by atoms with E-state index in [4.69, 9.17) is 0 Å². The summed E-state index contributed by atoms with van der Waals surface area (Å²) in [6.07, 6.45) is 17.4. The van der Waals surface area contributed by atoms with E-state index >= 15 is 0 Å². The normalized spacial score (nSPS) is 31.9. The van der Waals surface area contributed by atoms with Gasteiger partial charge < -0.3 is 27.7 Å². The van der Waals surface area contributed by atoms with Crippen LogP contribution in [0.25, 0.3) is 11.6 Å². The highest BCUT2D eigenvalue weighted by Gasteiger charge is 2.61. The first-order chi connectivity index (χ1) is 17.9. The van der Waals surface area contributed by atoms with E-state index in [9.17, 15) is 0 Å². The number of aromatic nitrogens is 5. The maximum atomic E-state index is 2.62. The van der Waals surface area contributed by atoms with Crippen molar-refractivity contribution in [2.75, 3.05) is 4.90 Å². The third-order valence-corrected chi connectivity index (χ3v) is 9.94. The minimum absolute atomic E-state index is 0.337. The molecule has 7 atom stereocenters. The Hall–Kier alpha value is -4.06. The second-order valence-electron chi connectivity index (χ2n) is 11.1. The molecule has 0 radical (unpaired) electrons. The SMILES string of the molecule is C1=CN2c3cccn3C3C4c5cccn5-c5cccn5C4C4c5cccn5-c5cccn5C4C3C2C1. The van der Waals surface area contributed by atoms with Crippen LogP contribution in [0.1, 0.15) is 47.8 Å². The smallest absolute Gasteiger partial charge is 0.117 e. The Labute approximate surface area is 208 Å². The van der Waals surface area contributed by atoms with E-state index in [-0.39, 0.29) is 0 Å². The van der Waals surface area contributed by atoms with Gasteiger partial charge in [0, 0.05) is 72.4 Å². The second kappa shape index (κ2) is 6.01. The van der Waals surface area contributed by atoms with Crippen LogP contribution in [0.3, 0.4) is 0 Å². The molecule has 4 aliphatic heterocycles. The highest BCUT2D eigenvalue weighted by Crippen LogP contribution is 2.66. The molecular formula is C30H26N6. The van der Waals surface area contributed by atoms with Gasteiger partial charge in [0.05, 0.1) is 18.1 Å². The average molecular weight is 471 g/mol. The molecule has 1 saturated carbocycles. The largest absolute Gasteiger partial charge is 0.331 e. The molecule has 9 heterocycles. The lowest BCUT2D eigenvalue weighted by Crippen LogP contribution is -2.58. The van der Waals surface area contributed by atoms with Gasteiger partial charge in [-0.25, -0.2) is 0 Å². The van der Waals surface area contributed by atoms with Crippen LogP contribution < -0.4 is 4.90 Å². The van der Waals surface area contributed by atoms with Crippen LogP contribution in [0.5, 0.6) is 0 Å². The lowest BCUT2D eigenvalue weighted by atomic mass is 9.59. The van der Waals surface area contributed by atoms with E-state index in [1.807, 2.05) is 0 Å². The summed E-state index contributed by atoms with van der Waals surface area (Å²) in [7, 11) is 0. The number of rotatable bonds is 0. The number of hydrogen-bond donors (Lipinski definition) is 0. The topological polar surface area (TPSA) is 27.9 Å². The lowest BCUT2D eigenvalue weighted by Gasteiger charge is -2.60. The van der Waals surface area contributed by atoms with Crippen molar-refractivity contribution >= 4 is 5.82 Å². The fourth-order valence-corrected chi connectivity index (χ4v) is 8.94. The zero-order valence-corrected chi connectivity index (χ0v) is 19.7. The molecule has 0 aromatic carbocycles. The van der Waals surface area contributed by atoms with Crippen LogP contribution in [-0.2, 0) is 0 Å². The van der Waals surface area contributed by atoms with Crippen molar-refractivity contribution in [1.29, 1.82) is 0 Å². The van der Waals surface area contributed by atoms with Crippen molar-refractivity contribution in [1.82, 2.24) is 22.8 Å². The average Bonchev–Trinajstić information content (AvgIpc) is 3.73. The lowest BCUT2D eigenvalue weighted by molar-refractivity contribution is 0.0319. The van der Waals surface area contributed by atoms with E-state index < -0.39 is 0 Å². The first kappa shape index (κ1) is 18.2. The van der Waals surface area contributed by atoms with Gasteiger partial charge in [-0.3, -0.25) is 0 Å². The fraction of sp³-hybridized carbons (Fsp3) is 0.267. The molecule has 7 unspecified atom stereocenters. The second-order valence-corrected chi connectivity index (χ2v) is 11.1. The van der Waals surface area contributed by atoms with E-state index in [0.29, 0.717) is 41.9 Å². The van der Waals surface area contributed by atoms with E-state index in [0.717, 1.165) is 6.42 Å². The molecule has 5 aromatic rings. The Morgan fingerprint density at radius 3 is 1.72 bits per heavy atom. The predicted octanol–water partition coefficient (Wildman–Crippen LogP) is 5.63. The summed E-state index contributed by atoms with van der Waals surface area (Å²) in [5.41, 5.74) is 2.91. The molecule has 0 amide bonds. The van der Waals surface area contributed by atoms with Crippen LogP contribution in [0.2, 0.25) is 0 Å². The molecule has 0 bridgehead atoms. The van der Waals surface area contributed by atoms with Gasteiger partial charge in [0.15, 0.2) is 0 Å². The maximum absolute atomic E-state index is 2.62. The summed E-state index contributed by atoms with van der Waals surface area (Å²) < 4.78 is 12.7. The van der Waals surface area contributed by atoms with Gasteiger partial charge in [-0.1, -0.05) is 6.08 Å². The zero-order chi connectivity index (χ0) is 23.1. The summed E-state index contributed by atoms with van der Waals surface area (Å²) in [6, 6.07) is 24.4. The minimum Gasteiger partial charge on any atom is -0.331 e. The number of nitrogens with zero attached hydrogens (tertiary/aromatic N) is 6.